The number of halogens is 1. The lowest BCUT2D eigenvalue weighted by Gasteiger charge is -2.19. The molecule has 8 nitrogen and oxygen atoms in total. The van der Waals surface area contributed by atoms with Gasteiger partial charge < -0.3 is 4.74 Å². The zero-order valence-electron chi connectivity index (χ0n) is 23.4. The lowest BCUT2D eigenvalue weighted by atomic mass is 9.84. The van der Waals surface area contributed by atoms with Crippen LogP contribution in [0.15, 0.2) is 119 Å². The molecule has 2 aromatic heterocycles. The molecule has 6 rings (SSSR count). The Morgan fingerprint density at radius 1 is 0.674 bits per heavy atom. The number of H-pyrrole nitrogens is 2. The average Bonchev–Trinajstić information content (AvgIpc) is 3.49. The Hall–Kier alpha value is -5.34. The summed E-state index contributed by atoms with van der Waals surface area (Å²) in [5.41, 5.74) is 3.32. The molecule has 9 heteroatoms. The first-order chi connectivity index (χ1) is 20.8. The highest BCUT2D eigenvalue weighted by atomic mass is 35.5. The SMILES string of the molecule is Cc1[nH]n(-c2ccccc2)c(=O)c1C(c1ccccc1OC(=O)c1ccc(Cl)cc1)c1c(C)[nH]n(-c2ccccc2)c1=O. The molecule has 2 heterocycles. The Kier molecular flexibility index (Phi) is 7.44. The van der Waals surface area contributed by atoms with E-state index in [1.165, 1.54) is 9.36 Å². The molecule has 0 radical (unpaired) electrons. The maximum Gasteiger partial charge on any atom is 0.343 e. The van der Waals surface area contributed by atoms with Crippen molar-refractivity contribution in [3.05, 3.63) is 169 Å². The molecule has 0 fully saturated rings. The van der Waals surface area contributed by atoms with E-state index >= 15 is 0 Å². The summed E-state index contributed by atoms with van der Waals surface area (Å²) in [5, 5.41) is 6.86. The van der Waals surface area contributed by atoms with E-state index in [2.05, 4.69) is 10.2 Å². The number of hydrogen-bond donors (Lipinski definition) is 2. The molecule has 0 aliphatic heterocycles. The summed E-state index contributed by atoms with van der Waals surface area (Å²) in [6, 6.07) is 31.7. The first-order valence-electron chi connectivity index (χ1n) is 13.6. The van der Waals surface area contributed by atoms with Gasteiger partial charge in [0.2, 0.25) is 0 Å². The quantitative estimate of drug-likeness (QED) is 0.168. The van der Waals surface area contributed by atoms with Gasteiger partial charge in [0.25, 0.3) is 11.1 Å². The summed E-state index contributed by atoms with van der Waals surface area (Å²) in [6.45, 7) is 3.59. The molecule has 0 unspecified atom stereocenters. The number of benzene rings is 4. The maximum atomic E-state index is 14.2. The number of hydrogen-bond acceptors (Lipinski definition) is 4. The fourth-order valence-electron chi connectivity index (χ4n) is 5.33. The Morgan fingerprint density at radius 2 is 1.14 bits per heavy atom. The minimum Gasteiger partial charge on any atom is -0.423 e. The van der Waals surface area contributed by atoms with E-state index in [0.29, 0.717) is 50.0 Å². The van der Waals surface area contributed by atoms with Crippen molar-refractivity contribution < 1.29 is 9.53 Å². The fraction of sp³-hybridized carbons (Fsp3) is 0.0882. The second kappa shape index (κ2) is 11.5. The van der Waals surface area contributed by atoms with Crippen LogP contribution in [0.2, 0.25) is 5.02 Å². The number of aryl methyl sites for hydroxylation is 2. The third-order valence-electron chi connectivity index (χ3n) is 7.35. The van der Waals surface area contributed by atoms with Crippen LogP contribution in [0.25, 0.3) is 11.4 Å². The van der Waals surface area contributed by atoms with E-state index in [-0.39, 0.29) is 16.9 Å². The third kappa shape index (κ3) is 5.24. The predicted molar refractivity (Wildman–Crippen MR) is 166 cm³/mol. The average molecular weight is 591 g/mol. The Labute approximate surface area is 251 Å². The second-order valence-electron chi connectivity index (χ2n) is 10.1. The fourth-order valence-corrected chi connectivity index (χ4v) is 5.45. The monoisotopic (exact) mass is 590 g/mol. The Balaban J connectivity index is 1.57. The first-order valence-corrected chi connectivity index (χ1v) is 14.0. The molecule has 0 amide bonds. The van der Waals surface area contributed by atoms with Crippen LogP contribution in [0, 0.1) is 13.8 Å². The number of aromatic nitrogens is 4. The molecular formula is C34H27ClN4O4. The van der Waals surface area contributed by atoms with Crippen LogP contribution in [-0.4, -0.2) is 25.5 Å². The van der Waals surface area contributed by atoms with E-state index in [1.807, 2.05) is 60.7 Å². The predicted octanol–water partition coefficient (Wildman–Crippen LogP) is 6.31. The largest absolute Gasteiger partial charge is 0.423 e. The molecule has 0 saturated carbocycles. The minimum absolute atomic E-state index is 0.227. The van der Waals surface area contributed by atoms with Crippen LogP contribution in [0.4, 0.5) is 0 Å². The molecular weight excluding hydrogens is 564 g/mol. The molecule has 214 valence electrons. The van der Waals surface area contributed by atoms with Crippen LogP contribution < -0.4 is 15.9 Å². The van der Waals surface area contributed by atoms with Crippen molar-refractivity contribution in [3.8, 4) is 17.1 Å². The number of nitrogens with one attached hydrogen (secondary N) is 2. The maximum absolute atomic E-state index is 14.2. The zero-order chi connectivity index (χ0) is 30.1. The first kappa shape index (κ1) is 27.8. The lowest BCUT2D eigenvalue weighted by Crippen LogP contribution is -2.26. The van der Waals surface area contributed by atoms with Crippen LogP contribution in [0.5, 0.6) is 5.75 Å². The number of ether oxygens (including phenoxy) is 1. The van der Waals surface area contributed by atoms with E-state index in [9.17, 15) is 14.4 Å². The van der Waals surface area contributed by atoms with Crippen LogP contribution in [0.1, 0.15) is 44.4 Å². The molecule has 0 spiro atoms. The summed E-state index contributed by atoms with van der Waals surface area (Å²) < 4.78 is 8.83. The van der Waals surface area contributed by atoms with Gasteiger partial charge in [-0.05, 0) is 68.4 Å². The van der Waals surface area contributed by atoms with Gasteiger partial charge in [-0.3, -0.25) is 19.8 Å². The van der Waals surface area contributed by atoms with Crippen LogP contribution in [-0.2, 0) is 0 Å². The summed E-state index contributed by atoms with van der Waals surface area (Å²) in [7, 11) is 0. The van der Waals surface area contributed by atoms with Gasteiger partial charge in [-0.25, -0.2) is 14.2 Å². The van der Waals surface area contributed by atoms with Gasteiger partial charge in [0.15, 0.2) is 0 Å². The highest BCUT2D eigenvalue weighted by molar-refractivity contribution is 6.30. The standard InChI is InChI=1S/C34H27ClN4O4/c1-21-29(32(40)38(36-21)25-11-5-3-6-12-25)31(30-22(2)37-39(33(30)41)26-13-7-4-8-14-26)27-15-9-10-16-28(27)43-34(42)23-17-19-24(35)20-18-23/h3-20,31,36-37H,1-2H3. The molecule has 43 heavy (non-hydrogen) atoms. The molecule has 0 saturated heterocycles. The zero-order valence-corrected chi connectivity index (χ0v) is 24.1. The van der Waals surface area contributed by atoms with E-state index in [1.54, 1.807) is 62.4 Å². The summed E-state index contributed by atoms with van der Waals surface area (Å²) in [4.78, 5) is 41.5. The van der Waals surface area contributed by atoms with Crippen molar-refractivity contribution in [1.29, 1.82) is 0 Å². The number of esters is 1. The summed E-state index contributed by atoms with van der Waals surface area (Å²) in [5.74, 6) is -1.25. The highest BCUT2D eigenvalue weighted by Gasteiger charge is 2.33. The van der Waals surface area contributed by atoms with E-state index in [4.69, 9.17) is 16.3 Å². The van der Waals surface area contributed by atoms with Crippen LogP contribution in [0.3, 0.4) is 0 Å². The van der Waals surface area contributed by atoms with Gasteiger partial charge in [-0.15, -0.1) is 0 Å². The van der Waals surface area contributed by atoms with Gasteiger partial charge in [0, 0.05) is 22.0 Å². The normalized spacial score (nSPS) is 11.2. The van der Waals surface area contributed by atoms with E-state index in [0.717, 1.165) is 0 Å². The number of carbonyl (C=O) groups excluding carboxylic acids is 1. The lowest BCUT2D eigenvalue weighted by molar-refractivity contribution is 0.0733. The number of nitrogens with zero attached hydrogens (tertiary/aromatic N) is 2. The van der Waals surface area contributed by atoms with Crippen LogP contribution >= 0.6 is 11.6 Å². The van der Waals surface area contributed by atoms with Gasteiger partial charge in [0.1, 0.15) is 5.75 Å². The molecule has 2 N–H and O–H groups in total. The highest BCUT2D eigenvalue weighted by Crippen LogP contribution is 2.37. The molecule has 4 aromatic carbocycles. The topological polar surface area (TPSA) is 102 Å². The number of carbonyl (C=O) groups is 1. The minimum atomic E-state index is -0.878. The molecule has 6 aromatic rings. The Morgan fingerprint density at radius 3 is 1.65 bits per heavy atom. The van der Waals surface area contributed by atoms with E-state index < -0.39 is 11.9 Å². The summed E-state index contributed by atoms with van der Waals surface area (Å²) in [6.07, 6.45) is 0. The molecule has 0 bridgehead atoms. The molecule has 0 aliphatic carbocycles. The van der Waals surface area contributed by atoms with Gasteiger partial charge in [-0.1, -0.05) is 66.2 Å². The van der Waals surface area contributed by atoms with Crippen molar-refractivity contribution >= 4 is 17.6 Å². The Bertz CT molecular complexity index is 1940. The molecule has 0 aliphatic rings. The van der Waals surface area contributed by atoms with Gasteiger partial charge in [0.05, 0.1) is 34.0 Å². The van der Waals surface area contributed by atoms with Gasteiger partial charge in [-0.2, -0.15) is 0 Å². The number of para-hydroxylation sites is 3. The van der Waals surface area contributed by atoms with Crippen molar-refractivity contribution in [3.63, 3.8) is 0 Å². The van der Waals surface area contributed by atoms with Crippen molar-refractivity contribution in [2.45, 2.75) is 19.8 Å². The summed E-state index contributed by atoms with van der Waals surface area (Å²) >= 11 is 6.01. The number of rotatable bonds is 7. The smallest absolute Gasteiger partial charge is 0.343 e. The van der Waals surface area contributed by atoms with Crippen molar-refractivity contribution in [1.82, 2.24) is 19.6 Å². The van der Waals surface area contributed by atoms with Crippen molar-refractivity contribution in [2.24, 2.45) is 0 Å². The second-order valence-corrected chi connectivity index (χ2v) is 10.6. The number of aromatic amines is 2. The molecule has 0 atom stereocenters. The van der Waals surface area contributed by atoms with Crippen molar-refractivity contribution in [2.75, 3.05) is 0 Å². The third-order valence-corrected chi connectivity index (χ3v) is 7.60. The van der Waals surface area contributed by atoms with Gasteiger partial charge >= 0.3 is 5.97 Å².